The topological polar surface area (TPSA) is 58.6 Å². The second kappa shape index (κ2) is 8.72. The minimum Gasteiger partial charge on any atom is -0.484 e. The van der Waals surface area contributed by atoms with Crippen LogP contribution in [0.4, 0.5) is 5.69 Å². The predicted octanol–water partition coefficient (Wildman–Crippen LogP) is 3.19. The van der Waals surface area contributed by atoms with Crippen molar-refractivity contribution in [3.63, 3.8) is 0 Å². The van der Waals surface area contributed by atoms with E-state index in [1.165, 1.54) is 0 Å². The van der Waals surface area contributed by atoms with Gasteiger partial charge in [-0.2, -0.15) is 0 Å². The standard InChI is InChI=1S/C19H22N2O3/c1-3-21(4-2)19(23)15-10-12-16(13-11-15)20-18(22)14-24-17-8-6-5-7-9-17/h5-13H,3-4,14H2,1-2H3,(H,20,22). The van der Waals surface area contributed by atoms with E-state index in [-0.39, 0.29) is 18.4 Å². The molecule has 24 heavy (non-hydrogen) atoms. The number of nitrogens with zero attached hydrogens (tertiary/aromatic N) is 1. The summed E-state index contributed by atoms with van der Waals surface area (Å²) in [6.07, 6.45) is 0. The number of carbonyl (C=O) groups excluding carboxylic acids is 2. The van der Waals surface area contributed by atoms with Gasteiger partial charge in [0, 0.05) is 24.3 Å². The van der Waals surface area contributed by atoms with E-state index in [1.807, 2.05) is 32.0 Å². The van der Waals surface area contributed by atoms with Crippen molar-refractivity contribution in [3.05, 3.63) is 60.2 Å². The average molecular weight is 326 g/mol. The summed E-state index contributed by atoms with van der Waals surface area (Å²) in [5.41, 5.74) is 1.24. The molecule has 0 saturated heterocycles. The summed E-state index contributed by atoms with van der Waals surface area (Å²) in [4.78, 5) is 25.9. The number of ether oxygens (including phenoxy) is 1. The molecule has 2 aromatic rings. The van der Waals surface area contributed by atoms with Crippen molar-refractivity contribution < 1.29 is 14.3 Å². The number of benzene rings is 2. The first-order valence-corrected chi connectivity index (χ1v) is 8.01. The fourth-order valence-corrected chi connectivity index (χ4v) is 2.25. The van der Waals surface area contributed by atoms with E-state index in [0.29, 0.717) is 30.1 Å². The van der Waals surface area contributed by atoms with Crippen LogP contribution >= 0.6 is 0 Å². The third-order valence-electron chi connectivity index (χ3n) is 3.58. The third kappa shape index (κ3) is 4.84. The first kappa shape index (κ1) is 17.5. The lowest BCUT2D eigenvalue weighted by molar-refractivity contribution is -0.118. The predicted molar refractivity (Wildman–Crippen MR) is 94.3 cm³/mol. The SMILES string of the molecule is CCN(CC)C(=O)c1ccc(NC(=O)COc2ccccc2)cc1. The number of amides is 2. The largest absolute Gasteiger partial charge is 0.484 e. The zero-order chi connectivity index (χ0) is 17.4. The Morgan fingerprint density at radius 2 is 1.58 bits per heavy atom. The van der Waals surface area contributed by atoms with Crippen molar-refractivity contribution in [2.24, 2.45) is 0 Å². The van der Waals surface area contributed by atoms with Gasteiger partial charge in [-0.25, -0.2) is 0 Å². The van der Waals surface area contributed by atoms with Crippen molar-refractivity contribution in [3.8, 4) is 5.75 Å². The van der Waals surface area contributed by atoms with Crippen molar-refractivity contribution in [1.29, 1.82) is 0 Å². The average Bonchev–Trinajstić information content (AvgIpc) is 2.62. The van der Waals surface area contributed by atoms with E-state index in [0.717, 1.165) is 0 Å². The molecule has 5 heteroatoms. The van der Waals surface area contributed by atoms with Crippen LogP contribution in [-0.4, -0.2) is 36.4 Å². The molecule has 0 aliphatic carbocycles. The van der Waals surface area contributed by atoms with Crippen LogP contribution in [0.1, 0.15) is 24.2 Å². The van der Waals surface area contributed by atoms with Gasteiger partial charge in [0.25, 0.3) is 11.8 Å². The molecule has 2 amide bonds. The highest BCUT2D eigenvalue weighted by atomic mass is 16.5. The lowest BCUT2D eigenvalue weighted by Gasteiger charge is -2.18. The maximum absolute atomic E-state index is 12.2. The molecular weight excluding hydrogens is 304 g/mol. The van der Waals surface area contributed by atoms with Gasteiger partial charge in [-0.05, 0) is 50.2 Å². The lowest BCUT2D eigenvalue weighted by atomic mass is 10.2. The van der Waals surface area contributed by atoms with Crippen LogP contribution in [0.3, 0.4) is 0 Å². The van der Waals surface area contributed by atoms with E-state index in [2.05, 4.69) is 5.32 Å². The Morgan fingerprint density at radius 3 is 2.17 bits per heavy atom. The van der Waals surface area contributed by atoms with Gasteiger partial charge in [-0.1, -0.05) is 18.2 Å². The molecule has 0 bridgehead atoms. The Hall–Kier alpha value is -2.82. The molecule has 0 aliphatic heterocycles. The molecule has 0 spiro atoms. The normalized spacial score (nSPS) is 10.1. The summed E-state index contributed by atoms with van der Waals surface area (Å²) >= 11 is 0. The molecule has 0 aromatic heterocycles. The van der Waals surface area contributed by atoms with Crippen molar-refractivity contribution in [2.75, 3.05) is 25.0 Å². The zero-order valence-electron chi connectivity index (χ0n) is 14.0. The highest BCUT2D eigenvalue weighted by molar-refractivity contribution is 5.96. The smallest absolute Gasteiger partial charge is 0.262 e. The fraction of sp³-hybridized carbons (Fsp3) is 0.263. The minimum atomic E-state index is -0.248. The molecule has 0 radical (unpaired) electrons. The second-order valence-electron chi connectivity index (χ2n) is 5.20. The molecule has 0 aliphatic rings. The number of nitrogens with one attached hydrogen (secondary N) is 1. The number of para-hydroxylation sites is 1. The Kier molecular flexibility index (Phi) is 6.37. The van der Waals surface area contributed by atoms with Crippen LogP contribution < -0.4 is 10.1 Å². The quantitative estimate of drug-likeness (QED) is 0.850. The summed E-state index contributed by atoms with van der Waals surface area (Å²) in [6.45, 7) is 5.17. The summed E-state index contributed by atoms with van der Waals surface area (Å²) < 4.78 is 5.39. The van der Waals surface area contributed by atoms with Crippen molar-refractivity contribution in [2.45, 2.75) is 13.8 Å². The number of anilines is 1. The Morgan fingerprint density at radius 1 is 0.958 bits per heavy atom. The fourth-order valence-electron chi connectivity index (χ4n) is 2.25. The summed E-state index contributed by atoms with van der Waals surface area (Å²) in [5.74, 6) is 0.389. The molecule has 0 unspecified atom stereocenters. The molecule has 5 nitrogen and oxygen atoms in total. The second-order valence-corrected chi connectivity index (χ2v) is 5.20. The van der Waals surface area contributed by atoms with Crippen LogP contribution in [0.25, 0.3) is 0 Å². The molecule has 0 heterocycles. The molecular formula is C19H22N2O3. The van der Waals surface area contributed by atoms with Gasteiger partial charge in [-0.3, -0.25) is 9.59 Å². The molecule has 1 N–H and O–H groups in total. The number of hydrogen-bond acceptors (Lipinski definition) is 3. The number of carbonyl (C=O) groups is 2. The molecule has 0 fully saturated rings. The van der Waals surface area contributed by atoms with Gasteiger partial charge < -0.3 is 15.0 Å². The summed E-state index contributed by atoms with van der Waals surface area (Å²) in [7, 11) is 0. The van der Waals surface area contributed by atoms with Gasteiger partial charge in [0.15, 0.2) is 6.61 Å². The van der Waals surface area contributed by atoms with E-state index in [9.17, 15) is 9.59 Å². The monoisotopic (exact) mass is 326 g/mol. The first-order valence-electron chi connectivity index (χ1n) is 8.01. The molecule has 0 saturated carbocycles. The highest BCUT2D eigenvalue weighted by Gasteiger charge is 2.12. The maximum atomic E-state index is 12.2. The maximum Gasteiger partial charge on any atom is 0.262 e. The van der Waals surface area contributed by atoms with Crippen LogP contribution in [0, 0.1) is 0 Å². The first-order chi connectivity index (χ1) is 11.6. The Labute approximate surface area is 142 Å². The van der Waals surface area contributed by atoms with E-state index in [4.69, 9.17) is 4.74 Å². The van der Waals surface area contributed by atoms with Crippen LogP contribution in [0.15, 0.2) is 54.6 Å². The Bertz CT molecular complexity index is 665. The van der Waals surface area contributed by atoms with Gasteiger partial charge in [0.2, 0.25) is 0 Å². The molecule has 2 rings (SSSR count). The van der Waals surface area contributed by atoms with E-state index < -0.39 is 0 Å². The molecule has 126 valence electrons. The highest BCUT2D eigenvalue weighted by Crippen LogP contribution is 2.12. The molecule has 2 aromatic carbocycles. The van der Waals surface area contributed by atoms with Crippen LogP contribution in [-0.2, 0) is 4.79 Å². The minimum absolute atomic E-state index is 0.00899. The third-order valence-corrected chi connectivity index (χ3v) is 3.58. The Balaban J connectivity index is 1.89. The number of hydrogen-bond donors (Lipinski definition) is 1. The van der Waals surface area contributed by atoms with Crippen molar-refractivity contribution >= 4 is 17.5 Å². The zero-order valence-corrected chi connectivity index (χ0v) is 14.0. The molecule has 0 atom stereocenters. The van der Waals surface area contributed by atoms with E-state index in [1.54, 1.807) is 41.3 Å². The van der Waals surface area contributed by atoms with Gasteiger partial charge >= 0.3 is 0 Å². The van der Waals surface area contributed by atoms with Gasteiger partial charge in [-0.15, -0.1) is 0 Å². The van der Waals surface area contributed by atoms with Crippen LogP contribution in [0.5, 0.6) is 5.75 Å². The van der Waals surface area contributed by atoms with E-state index >= 15 is 0 Å². The lowest BCUT2D eigenvalue weighted by Crippen LogP contribution is -2.30. The number of rotatable bonds is 7. The summed E-state index contributed by atoms with van der Waals surface area (Å²) in [5, 5.41) is 2.75. The van der Waals surface area contributed by atoms with Crippen LogP contribution in [0.2, 0.25) is 0 Å². The summed E-state index contributed by atoms with van der Waals surface area (Å²) in [6, 6.07) is 16.0. The van der Waals surface area contributed by atoms with Gasteiger partial charge in [0.1, 0.15) is 5.75 Å². The van der Waals surface area contributed by atoms with Crippen molar-refractivity contribution in [1.82, 2.24) is 4.90 Å². The van der Waals surface area contributed by atoms with Gasteiger partial charge in [0.05, 0.1) is 0 Å².